The van der Waals surface area contributed by atoms with Gasteiger partial charge >= 0.3 is 0 Å². The highest BCUT2D eigenvalue weighted by molar-refractivity contribution is 5.16. The standard InChI is InChI=1S/C13H23N3/c1-3-4-5-8-16(2)11-12-6-7-15-13(9-12)10-14/h6-7,9H,3-5,8,10-11,14H2,1-2H3. The smallest absolute Gasteiger partial charge is 0.0542 e. The van der Waals surface area contributed by atoms with Gasteiger partial charge in [0.2, 0.25) is 0 Å². The molecular weight excluding hydrogens is 198 g/mol. The van der Waals surface area contributed by atoms with Crippen molar-refractivity contribution in [2.24, 2.45) is 5.73 Å². The van der Waals surface area contributed by atoms with Gasteiger partial charge in [0.25, 0.3) is 0 Å². The molecule has 0 unspecified atom stereocenters. The first kappa shape index (κ1) is 13.1. The summed E-state index contributed by atoms with van der Waals surface area (Å²) >= 11 is 0. The largest absolute Gasteiger partial charge is 0.325 e. The van der Waals surface area contributed by atoms with Crippen LogP contribution in [0.2, 0.25) is 0 Å². The zero-order valence-electron chi connectivity index (χ0n) is 10.4. The first-order valence-corrected chi connectivity index (χ1v) is 6.08. The summed E-state index contributed by atoms with van der Waals surface area (Å²) in [6, 6.07) is 4.16. The number of hydrogen-bond donors (Lipinski definition) is 1. The average molecular weight is 221 g/mol. The van der Waals surface area contributed by atoms with Gasteiger partial charge < -0.3 is 10.6 Å². The monoisotopic (exact) mass is 221 g/mol. The third-order valence-electron chi connectivity index (χ3n) is 2.69. The second-order valence-corrected chi connectivity index (χ2v) is 4.30. The number of nitrogens with two attached hydrogens (primary N) is 1. The molecule has 1 heterocycles. The molecule has 16 heavy (non-hydrogen) atoms. The Morgan fingerprint density at radius 2 is 2.19 bits per heavy atom. The van der Waals surface area contributed by atoms with Gasteiger partial charge in [0.15, 0.2) is 0 Å². The molecule has 0 bridgehead atoms. The maximum atomic E-state index is 5.57. The van der Waals surface area contributed by atoms with Crippen LogP contribution in [0, 0.1) is 0 Å². The summed E-state index contributed by atoms with van der Waals surface area (Å²) < 4.78 is 0. The van der Waals surface area contributed by atoms with Gasteiger partial charge in [-0.2, -0.15) is 0 Å². The summed E-state index contributed by atoms with van der Waals surface area (Å²) in [6.45, 7) is 4.90. The van der Waals surface area contributed by atoms with Crippen molar-refractivity contribution in [2.45, 2.75) is 39.3 Å². The van der Waals surface area contributed by atoms with Crippen LogP contribution < -0.4 is 5.73 Å². The number of aromatic nitrogens is 1. The van der Waals surface area contributed by atoms with E-state index >= 15 is 0 Å². The Bertz CT molecular complexity index is 299. The molecule has 1 aromatic rings. The minimum Gasteiger partial charge on any atom is -0.325 e. The van der Waals surface area contributed by atoms with E-state index in [0.29, 0.717) is 6.54 Å². The molecule has 0 amide bonds. The molecule has 3 heteroatoms. The fraction of sp³-hybridized carbons (Fsp3) is 0.615. The molecule has 3 nitrogen and oxygen atoms in total. The van der Waals surface area contributed by atoms with Crippen LogP contribution in [0.3, 0.4) is 0 Å². The Morgan fingerprint density at radius 1 is 1.38 bits per heavy atom. The lowest BCUT2D eigenvalue weighted by molar-refractivity contribution is 0.318. The van der Waals surface area contributed by atoms with E-state index in [9.17, 15) is 0 Å². The molecular formula is C13H23N3. The molecule has 0 spiro atoms. The number of pyridine rings is 1. The Kier molecular flexibility index (Phi) is 6.04. The quantitative estimate of drug-likeness (QED) is 0.717. The highest BCUT2D eigenvalue weighted by atomic mass is 15.1. The van der Waals surface area contributed by atoms with E-state index < -0.39 is 0 Å². The average Bonchev–Trinajstić information content (AvgIpc) is 2.29. The molecule has 0 aromatic carbocycles. The van der Waals surface area contributed by atoms with Crippen molar-refractivity contribution in [3.8, 4) is 0 Å². The van der Waals surface area contributed by atoms with Gasteiger partial charge in [-0.15, -0.1) is 0 Å². The van der Waals surface area contributed by atoms with Crippen molar-refractivity contribution in [1.82, 2.24) is 9.88 Å². The SMILES string of the molecule is CCCCCN(C)Cc1ccnc(CN)c1. The second-order valence-electron chi connectivity index (χ2n) is 4.30. The molecule has 0 aliphatic carbocycles. The van der Waals surface area contributed by atoms with Gasteiger partial charge in [0.1, 0.15) is 0 Å². The van der Waals surface area contributed by atoms with Crippen LogP contribution in [0.5, 0.6) is 0 Å². The highest BCUT2D eigenvalue weighted by Crippen LogP contribution is 2.06. The van der Waals surface area contributed by atoms with Crippen molar-refractivity contribution >= 4 is 0 Å². The molecule has 0 aliphatic heterocycles. The van der Waals surface area contributed by atoms with Crippen molar-refractivity contribution in [1.29, 1.82) is 0 Å². The zero-order valence-corrected chi connectivity index (χ0v) is 10.4. The lowest BCUT2D eigenvalue weighted by Gasteiger charge is -2.16. The van der Waals surface area contributed by atoms with Crippen LogP contribution in [0.4, 0.5) is 0 Å². The molecule has 0 fully saturated rings. The van der Waals surface area contributed by atoms with E-state index in [1.165, 1.54) is 24.8 Å². The van der Waals surface area contributed by atoms with Gasteiger partial charge in [0.05, 0.1) is 5.69 Å². The summed E-state index contributed by atoms with van der Waals surface area (Å²) in [5.74, 6) is 0. The number of rotatable bonds is 7. The second kappa shape index (κ2) is 7.36. The van der Waals surface area contributed by atoms with Crippen LogP contribution in [0.15, 0.2) is 18.3 Å². The Hall–Kier alpha value is -0.930. The lowest BCUT2D eigenvalue weighted by Crippen LogP contribution is -2.19. The van der Waals surface area contributed by atoms with Crippen LogP contribution in [0.25, 0.3) is 0 Å². The number of unbranched alkanes of at least 4 members (excludes halogenated alkanes) is 2. The Labute approximate surface area is 98.7 Å². The van der Waals surface area contributed by atoms with E-state index in [2.05, 4.69) is 36.0 Å². The predicted octanol–water partition coefficient (Wildman–Crippen LogP) is 2.16. The number of hydrogen-bond acceptors (Lipinski definition) is 3. The molecule has 1 aromatic heterocycles. The normalized spacial score (nSPS) is 11.0. The summed E-state index contributed by atoms with van der Waals surface area (Å²) in [4.78, 5) is 6.55. The lowest BCUT2D eigenvalue weighted by atomic mass is 10.2. The maximum absolute atomic E-state index is 5.57. The van der Waals surface area contributed by atoms with Crippen LogP contribution in [-0.4, -0.2) is 23.5 Å². The molecule has 0 atom stereocenters. The van der Waals surface area contributed by atoms with E-state index in [1.807, 2.05) is 6.20 Å². The Balaban J connectivity index is 2.39. The van der Waals surface area contributed by atoms with Crippen LogP contribution in [0.1, 0.15) is 37.4 Å². The summed E-state index contributed by atoms with van der Waals surface area (Å²) in [6.07, 6.45) is 5.72. The van der Waals surface area contributed by atoms with Gasteiger partial charge in [-0.25, -0.2) is 0 Å². The van der Waals surface area contributed by atoms with Gasteiger partial charge in [-0.05, 0) is 37.7 Å². The van der Waals surface area contributed by atoms with Gasteiger partial charge in [0, 0.05) is 19.3 Å². The van der Waals surface area contributed by atoms with E-state index in [4.69, 9.17) is 5.73 Å². The number of nitrogens with zero attached hydrogens (tertiary/aromatic N) is 2. The third-order valence-corrected chi connectivity index (χ3v) is 2.69. The highest BCUT2D eigenvalue weighted by Gasteiger charge is 2.01. The minimum absolute atomic E-state index is 0.521. The van der Waals surface area contributed by atoms with E-state index in [1.54, 1.807) is 0 Å². The van der Waals surface area contributed by atoms with Crippen LogP contribution >= 0.6 is 0 Å². The van der Waals surface area contributed by atoms with E-state index in [-0.39, 0.29) is 0 Å². The fourth-order valence-corrected chi connectivity index (χ4v) is 1.76. The molecule has 0 saturated heterocycles. The predicted molar refractivity (Wildman–Crippen MR) is 68.0 cm³/mol. The van der Waals surface area contributed by atoms with Crippen molar-refractivity contribution in [2.75, 3.05) is 13.6 Å². The third kappa shape index (κ3) is 4.73. The Morgan fingerprint density at radius 3 is 2.88 bits per heavy atom. The summed E-state index contributed by atoms with van der Waals surface area (Å²) in [5, 5.41) is 0. The fourth-order valence-electron chi connectivity index (χ4n) is 1.76. The van der Waals surface area contributed by atoms with Crippen molar-refractivity contribution < 1.29 is 0 Å². The van der Waals surface area contributed by atoms with Gasteiger partial charge in [-0.3, -0.25) is 4.98 Å². The maximum Gasteiger partial charge on any atom is 0.0542 e. The van der Waals surface area contributed by atoms with E-state index in [0.717, 1.165) is 18.8 Å². The van der Waals surface area contributed by atoms with Gasteiger partial charge in [-0.1, -0.05) is 19.8 Å². The topological polar surface area (TPSA) is 42.2 Å². The first-order chi connectivity index (χ1) is 7.76. The van der Waals surface area contributed by atoms with Crippen LogP contribution in [-0.2, 0) is 13.1 Å². The van der Waals surface area contributed by atoms with Crippen molar-refractivity contribution in [3.05, 3.63) is 29.6 Å². The first-order valence-electron chi connectivity index (χ1n) is 6.08. The minimum atomic E-state index is 0.521. The molecule has 1 rings (SSSR count). The molecule has 0 radical (unpaired) electrons. The summed E-state index contributed by atoms with van der Waals surface area (Å²) in [7, 11) is 2.16. The van der Waals surface area contributed by atoms with Crippen molar-refractivity contribution in [3.63, 3.8) is 0 Å². The molecule has 90 valence electrons. The molecule has 0 saturated carbocycles. The molecule has 2 N–H and O–H groups in total. The molecule has 0 aliphatic rings. The summed E-state index contributed by atoms with van der Waals surface area (Å²) in [5.41, 5.74) is 7.84. The zero-order chi connectivity index (χ0) is 11.8.